The molecule has 0 amide bonds. The molecule has 1 heterocycles. The van der Waals surface area contributed by atoms with Gasteiger partial charge in [-0.05, 0) is 30.7 Å². The van der Waals surface area contributed by atoms with E-state index in [9.17, 15) is 0 Å². The van der Waals surface area contributed by atoms with Crippen LogP contribution in [0, 0.1) is 0 Å². The third-order valence-electron chi connectivity index (χ3n) is 2.14. The van der Waals surface area contributed by atoms with Crippen molar-refractivity contribution in [1.29, 1.82) is 0 Å². The maximum Gasteiger partial charge on any atom is 0.107 e. The summed E-state index contributed by atoms with van der Waals surface area (Å²) in [4.78, 5) is 3.08. The predicted octanol–water partition coefficient (Wildman–Crippen LogP) is 2.32. The lowest BCUT2D eigenvalue weighted by Gasteiger charge is -1.99. The van der Waals surface area contributed by atoms with E-state index in [1.807, 2.05) is 18.2 Å². The number of halogens is 1. The largest absolute Gasteiger partial charge is 0.346 e. The van der Waals surface area contributed by atoms with Gasteiger partial charge in [-0.3, -0.25) is 0 Å². The minimum absolute atomic E-state index is 0.669. The molecule has 0 bridgehead atoms. The Bertz CT molecular complexity index is 420. The zero-order valence-electron chi connectivity index (χ0n) is 7.18. The highest BCUT2D eigenvalue weighted by Crippen LogP contribution is 2.22. The highest BCUT2D eigenvalue weighted by atomic mass is 35.5. The molecule has 0 radical (unpaired) electrons. The van der Waals surface area contributed by atoms with Crippen LogP contribution in [-0.2, 0) is 6.42 Å². The minimum Gasteiger partial charge on any atom is -0.346 e. The molecule has 0 atom stereocenters. The molecule has 0 fully saturated rings. The molecule has 0 spiro atoms. The van der Waals surface area contributed by atoms with Crippen LogP contribution < -0.4 is 5.73 Å². The van der Waals surface area contributed by atoms with Gasteiger partial charge in [-0.15, -0.1) is 0 Å². The second-order valence-electron chi connectivity index (χ2n) is 3.03. The van der Waals surface area contributed by atoms with E-state index in [0.29, 0.717) is 11.7 Å². The van der Waals surface area contributed by atoms with Crippen molar-refractivity contribution in [2.45, 2.75) is 6.42 Å². The summed E-state index contributed by atoms with van der Waals surface area (Å²) in [6.45, 7) is 0.669. The molecule has 2 aromatic rings. The van der Waals surface area contributed by atoms with E-state index in [1.165, 1.54) is 10.9 Å². The number of rotatable bonds is 2. The molecule has 1 aromatic carbocycles. The topological polar surface area (TPSA) is 41.8 Å². The van der Waals surface area contributed by atoms with Gasteiger partial charge >= 0.3 is 0 Å². The fraction of sp³-hybridized carbons (Fsp3) is 0.200. The van der Waals surface area contributed by atoms with Gasteiger partial charge in [0.05, 0.1) is 0 Å². The Morgan fingerprint density at radius 3 is 3.00 bits per heavy atom. The van der Waals surface area contributed by atoms with Gasteiger partial charge in [-0.25, -0.2) is 0 Å². The third-order valence-corrected chi connectivity index (χ3v) is 2.34. The average molecular weight is 195 g/mol. The zero-order chi connectivity index (χ0) is 9.26. The molecule has 13 heavy (non-hydrogen) atoms. The van der Waals surface area contributed by atoms with Gasteiger partial charge in [0.25, 0.3) is 0 Å². The molecule has 0 aliphatic carbocycles. The van der Waals surface area contributed by atoms with Crippen molar-refractivity contribution in [3.8, 4) is 0 Å². The maximum absolute atomic E-state index is 5.87. The van der Waals surface area contributed by atoms with Crippen molar-refractivity contribution in [2.24, 2.45) is 5.73 Å². The highest BCUT2D eigenvalue weighted by Gasteiger charge is 2.02. The second-order valence-corrected chi connectivity index (χ2v) is 3.44. The maximum atomic E-state index is 5.87. The van der Waals surface area contributed by atoms with Crippen LogP contribution in [0.25, 0.3) is 10.9 Å². The van der Waals surface area contributed by atoms with E-state index in [1.54, 1.807) is 0 Å². The summed E-state index contributed by atoms with van der Waals surface area (Å²) in [5.74, 6) is 0. The van der Waals surface area contributed by atoms with Crippen LogP contribution in [-0.4, -0.2) is 11.5 Å². The summed E-state index contributed by atoms with van der Waals surface area (Å²) >= 11 is 5.87. The molecule has 3 N–H and O–H groups in total. The number of hydrogen-bond donors (Lipinski definition) is 2. The molecule has 0 aliphatic rings. The first-order valence-electron chi connectivity index (χ1n) is 4.27. The van der Waals surface area contributed by atoms with Crippen molar-refractivity contribution in [1.82, 2.24) is 4.98 Å². The molecule has 2 rings (SSSR count). The van der Waals surface area contributed by atoms with Crippen molar-refractivity contribution in [2.75, 3.05) is 6.54 Å². The third kappa shape index (κ3) is 1.55. The number of aromatic nitrogens is 1. The van der Waals surface area contributed by atoms with Gasteiger partial charge in [0.15, 0.2) is 0 Å². The SMILES string of the molecule is NCCc1cccc2[nH]c(Cl)cc12. The molecule has 2 nitrogen and oxygen atoms in total. The van der Waals surface area contributed by atoms with Crippen LogP contribution >= 0.6 is 11.6 Å². The first-order chi connectivity index (χ1) is 6.31. The Balaban J connectivity index is 2.60. The fourth-order valence-electron chi connectivity index (χ4n) is 1.56. The number of benzene rings is 1. The zero-order valence-corrected chi connectivity index (χ0v) is 7.93. The van der Waals surface area contributed by atoms with Crippen LogP contribution in [0.3, 0.4) is 0 Å². The quantitative estimate of drug-likeness (QED) is 0.757. The highest BCUT2D eigenvalue weighted by molar-refractivity contribution is 6.30. The Hall–Kier alpha value is -0.990. The van der Waals surface area contributed by atoms with E-state index < -0.39 is 0 Å². The summed E-state index contributed by atoms with van der Waals surface area (Å²) in [7, 11) is 0. The normalized spacial score (nSPS) is 10.9. The Morgan fingerprint density at radius 1 is 1.38 bits per heavy atom. The van der Waals surface area contributed by atoms with Gasteiger partial charge < -0.3 is 10.7 Å². The molecule has 68 valence electrons. The summed E-state index contributed by atoms with van der Waals surface area (Å²) in [5, 5.41) is 1.86. The molecule has 1 aromatic heterocycles. The van der Waals surface area contributed by atoms with E-state index in [0.717, 1.165) is 11.9 Å². The number of nitrogens with two attached hydrogens (primary N) is 1. The van der Waals surface area contributed by atoms with E-state index >= 15 is 0 Å². The summed E-state index contributed by atoms with van der Waals surface area (Å²) in [6.07, 6.45) is 0.894. The van der Waals surface area contributed by atoms with Crippen molar-refractivity contribution >= 4 is 22.5 Å². The van der Waals surface area contributed by atoms with Crippen LogP contribution in [0.4, 0.5) is 0 Å². The molecular weight excluding hydrogens is 184 g/mol. The van der Waals surface area contributed by atoms with Gasteiger partial charge in [-0.2, -0.15) is 0 Å². The number of nitrogens with one attached hydrogen (secondary N) is 1. The first-order valence-corrected chi connectivity index (χ1v) is 4.65. The smallest absolute Gasteiger partial charge is 0.107 e. The van der Waals surface area contributed by atoms with Crippen molar-refractivity contribution in [3.63, 3.8) is 0 Å². The predicted molar refractivity (Wildman–Crippen MR) is 56.1 cm³/mol. The van der Waals surface area contributed by atoms with Crippen LogP contribution in [0.1, 0.15) is 5.56 Å². The Labute approximate surface area is 81.7 Å². The van der Waals surface area contributed by atoms with E-state index in [-0.39, 0.29) is 0 Å². The molecule has 3 heteroatoms. The van der Waals surface area contributed by atoms with Gasteiger partial charge in [-0.1, -0.05) is 23.7 Å². The molecule has 0 aliphatic heterocycles. The van der Waals surface area contributed by atoms with Crippen molar-refractivity contribution in [3.05, 3.63) is 35.0 Å². The second kappa shape index (κ2) is 3.40. The Kier molecular flexibility index (Phi) is 2.25. The average Bonchev–Trinajstić information content (AvgIpc) is 2.47. The summed E-state index contributed by atoms with van der Waals surface area (Å²) < 4.78 is 0. The monoisotopic (exact) mass is 194 g/mol. The lowest BCUT2D eigenvalue weighted by molar-refractivity contribution is 0.977. The van der Waals surface area contributed by atoms with Crippen LogP contribution in [0.2, 0.25) is 5.15 Å². The molecule has 0 saturated carbocycles. The van der Waals surface area contributed by atoms with E-state index in [4.69, 9.17) is 17.3 Å². The van der Waals surface area contributed by atoms with Gasteiger partial charge in [0.2, 0.25) is 0 Å². The van der Waals surface area contributed by atoms with Crippen LogP contribution in [0.15, 0.2) is 24.3 Å². The molecular formula is C10H11ClN2. The standard InChI is InChI=1S/C10H11ClN2/c11-10-6-8-7(4-5-12)2-1-3-9(8)13-10/h1-3,6,13H,4-5,12H2. The first kappa shape index (κ1) is 8.60. The van der Waals surface area contributed by atoms with Gasteiger partial charge in [0, 0.05) is 10.9 Å². The van der Waals surface area contributed by atoms with Gasteiger partial charge in [0.1, 0.15) is 5.15 Å². The minimum atomic E-state index is 0.669. The number of fused-ring (bicyclic) bond motifs is 1. The number of aromatic amines is 1. The molecule has 0 saturated heterocycles. The van der Waals surface area contributed by atoms with E-state index in [2.05, 4.69) is 11.1 Å². The summed E-state index contributed by atoms with van der Waals surface area (Å²) in [5.41, 5.74) is 7.85. The summed E-state index contributed by atoms with van der Waals surface area (Å²) in [6, 6.07) is 8.06. The lowest BCUT2D eigenvalue weighted by Crippen LogP contribution is -2.02. The Morgan fingerprint density at radius 2 is 2.23 bits per heavy atom. The number of hydrogen-bond acceptors (Lipinski definition) is 1. The lowest BCUT2D eigenvalue weighted by atomic mass is 10.1. The van der Waals surface area contributed by atoms with Crippen LogP contribution in [0.5, 0.6) is 0 Å². The molecule has 0 unspecified atom stereocenters. The number of H-pyrrole nitrogens is 1. The van der Waals surface area contributed by atoms with Crippen molar-refractivity contribution < 1.29 is 0 Å². The fourth-order valence-corrected chi connectivity index (χ4v) is 1.77.